The summed E-state index contributed by atoms with van der Waals surface area (Å²) in [6.07, 6.45) is 7.11. The molecule has 0 radical (unpaired) electrons. The zero-order chi connectivity index (χ0) is 14.5. The Morgan fingerprint density at radius 1 is 1.05 bits per heavy atom. The first kappa shape index (κ1) is 14.4. The van der Waals surface area contributed by atoms with Gasteiger partial charge in [-0.2, -0.15) is 0 Å². The van der Waals surface area contributed by atoms with Crippen LogP contribution < -0.4 is 10.1 Å². The van der Waals surface area contributed by atoms with E-state index in [9.17, 15) is 0 Å². The monoisotopic (exact) mass is 283 g/mol. The molecule has 0 saturated heterocycles. The molecule has 2 aromatic rings. The molecule has 0 bridgehead atoms. The van der Waals surface area contributed by atoms with E-state index in [1.54, 1.807) is 7.11 Å². The second-order valence-electron chi connectivity index (χ2n) is 6.16. The second kappa shape index (κ2) is 6.95. The van der Waals surface area contributed by atoms with Gasteiger partial charge in [0.1, 0.15) is 5.75 Å². The van der Waals surface area contributed by atoms with Gasteiger partial charge in [0.25, 0.3) is 0 Å². The van der Waals surface area contributed by atoms with E-state index in [1.807, 2.05) is 6.07 Å². The topological polar surface area (TPSA) is 21.3 Å². The quantitative estimate of drug-likeness (QED) is 0.787. The molecule has 3 rings (SSSR count). The molecule has 21 heavy (non-hydrogen) atoms. The Kier molecular flexibility index (Phi) is 4.76. The van der Waals surface area contributed by atoms with E-state index in [0.29, 0.717) is 0 Å². The van der Waals surface area contributed by atoms with Crippen LogP contribution in [0, 0.1) is 5.92 Å². The molecule has 1 aliphatic rings. The van der Waals surface area contributed by atoms with Gasteiger partial charge in [-0.1, -0.05) is 43.9 Å². The molecule has 0 heterocycles. The minimum atomic E-state index is 0.921. The van der Waals surface area contributed by atoms with Crippen molar-refractivity contribution in [1.82, 2.24) is 5.32 Å². The first-order valence-electron chi connectivity index (χ1n) is 8.12. The predicted octanol–water partition coefficient (Wildman–Crippen LogP) is 4.52. The molecule has 0 aliphatic heterocycles. The molecular weight excluding hydrogens is 258 g/mol. The van der Waals surface area contributed by atoms with Gasteiger partial charge < -0.3 is 10.1 Å². The van der Waals surface area contributed by atoms with Gasteiger partial charge in [0.05, 0.1) is 7.11 Å². The molecule has 0 amide bonds. The minimum absolute atomic E-state index is 0.921. The van der Waals surface area contributed by atoms with Crippen LogP contribution >= 0.6 is 0 Å². The van der Waals surface area contributed by atoms with E-state index in [2.05, 4.69) is 35.6 Å². The number of hydrogen-bond acceptors (Lipinski definition) is 2. The van der Waals surface area contributed by atoms with Crippen LogP contribution in [0.25, 0.3) is 10.8 Å². The number of rotatable bonds is 6. The number of hydrogen-bond donors (Lipinski definition) is 1. The van der Waals surface area contributed by atoms with Crippen LogP contribution in [0.1, 0.15) is 37.7 Å². The van der Waals surface area contributed by atoms with Gasteiger partial charge in [0.2, 0.25) is 0 Å². The van der Waals surface area contributed by atoms with Crippen molar-refractivity contribution in [3.05, 3.63) is 42.0 Å². The molecule has 0 aromatic heterocycles. The number of ether oxygens (including phenoxy) is 1. The Bertz CT molecular complexity index is 587. The predicted molar refractivity (Wildman–Crippen MR) is 88.8 cm³/mol. The molecule has 1 aliphatic carbocycles. The van der Waals surface area contributed by atoms with Crippen molar-refractivity contribution in [3.63, 3.8) is 0 Å². The summed E-state index contributed by atoms with van der Waals surface area (Å²) in [6.45, 7) is 2.11. The van der Waals surface area contributed by atoms with Crippen molar-refractivity contribution in [1.29, 1.82) is 0 Å². The first-order chi connectivity index (χ1) is 10.3. The lowest BCUT2D eigenvalue weighted by atomic mass is 10.0. The second-order valence-corrected chi connectivity index (χ2v) is 6.16. The third-order valence-corrected chi connectivity index (χ3v) is 4.65. The summed E-state index contributed by atoms with van der Waals surface area (Å²) >= 11 is 0. The summed E-state index contributed by atoms with van der Waals surface area (Å²) in [5.74, 6) is 1.89. The standard InChI is InChI=1S/C19H25NO/c1-21-19-9-8-17-12-16(6-7-18(17)13-19)14-20-11-10-15-4-2-3-5-15/h6-9,12-13,15,20H,2-5,10-11,14H2,1H3. The van der Waals surface area contributed by atoms with Crippen molar-refractivity contribution < 1.29 is 4.74 Å². The van der Waals surface area contributed by atoms with Gasteiger partial charge in [-0.3, -0.25) is 0 Å². The lowest BCUT2D eigenvalue weighted by Gasteiger charge is -2.10. The van der Waals surface area contributed by atoms with Gasteiger partial charge in [-0.05, 0) is 53.4 Å². The largest absolute Gasteiger partial charge is 0.497 e. The molecule has 1 N–H and O–H groups in total. The summed E-state index contributed by atoms with van der Waals surface area (Å²) in [5.41, 5.74) is 1.36. The summed E-state index contributed by atoms with van der Waals surface area (Å²) in [7, 11) is 1.71. The van der Waals surface area contributed by atoms with Crippen LogP contribution in [0.3, 0.4) is 0 Å². The van der Waals surface area contributed by atoms with Crippen LogP contribution in [-0.2, 0) is 6.54 Å². The highest BCUT2D eigenvalue weighted by atomic mass is 16.5. The fourth-order valence-electron chi connectivity index (χ4n) is 3.35. The summed E-state index contributed by atoms with van der Waals surface area (Å²) in [5, 5.41) is 6.11. The van der Waals surface area contributed by atoms with Crippen molar-refractivity contribution in [2.75, 3.05) is 13.7 Å². The van der Waals surface area contributed by atoms with E-state index in [0.717, 1.165) is 24.8 Å². The molecule has 1 saturated carbocycles. The van der Waals surface area contributed by atoms with E-state index in [4.69, 9.17) is 4.74 Å². The molecule has 2 aromatic carbocycles. The SMILES string of the molecule is COc1ccc2cc(CNCCC3CCCC3)ccc2c1. The molecule has 0 unspecified atom stereocenters. The van der Waals surface area contributed by atoms with Crippen LogP contribution in [0.5, 0.6) is 5.75 Å². The molecule has 1 fully saturated rings. The van der Waals surface area contributed by atoms with E-state index < -0.39 is 0 Å². The molecular formula is C19H25NO. The smallest absolute Gasteiger partial charge is 0.119 e. The fourth-order valence-corrected chi connectivity index (χ4v) is 3.35. The van der Waals surface area contributed by atoms with Crippen LogP contribution in [-0.4, -0.2) is 13.7 Å². The highest BCUT2D eigenvalue weighted by Gasteiger charge is 2.13. The van der Waals surface area contributed by atoms with E-state index in [-0.39, 0.29) is 0 Å². The number of fused-ring (bicyclic) bond motifs is 1. The van der Waals surface area contributed by atoms with Crippen molar-refractivity contribution in [2.24, 2.45) is 5.92 Å². The number of nitrogens with one attached hydrogen (secondary N) is 1. The van der Waals surface area contributed by atoms with Gasteiger partial charge in [-0.15, -0.1) is 0 Å². The lowest BCUT2D eigenvalue weighted by molar-refractivity contribution is 0.415. The molecule has 0 atom stereocenters. The Morgan fingerprint density at radius 3 is 2.62 bits per heavy atom. The molecule has 2 heteroatoms. The number of methoxy groups -OCH3 is 1. The maximum atomic E-state index is 5.27. The lowest BCUT2D eigenvalue weighted by Crippen LogP contribution is -2.16. The van der Waals surface area contributed by atoms with Gasteiger partial charge in [-0.25, -0.2) is 0 Å². The molecule has 2 nitrogen and oxygen atoms in total. The maximum Gasteiger partial charge on any atom is 0.119 e. The van der Waals surface area contributed by atoms with Gasteiger partial charge >= 0.3 is 0 Å². The van der Waals surface area contributed by atoms with Crippen LogP contribution in [0.2, 0.25) is 0 Å². The maximum absolute atomic E-state index is 5.27. The van der Waals surface area contributed by atoms with Crippen molar-refractivity contribution in [3.8, 4) is 5.75 Å². The molecule has 0 spiro atoms. The normalized spacial score (nSPS) is 15.7. The Labute approximate surface area is 127 Å². The van der Waals surface area contributed by atoms with Gasteiger partial charge in [0, 0.05) is 6.54 Å². The summed E-state index contributed by atoms with van der Waals surface area (Å²) < 4.78 is 5.27. The average molecular weight is 283 g/mol. The zero-order valence-corrected chi connectivity index (χ0v) is 12.9. The van der Waals surface area contributed by atoms with Crippen molar-refractivity contribution >= 4 is 10.8 Å². The average Bonchev–Trinajstić information content (AvgIpc) is 3.04. The summed E-state index contributed by atoms with van der Waals surface area (Å²) in [4.78, 5) is 0. The number of benzene rings is 2. The highest BCUT2D eigenvalue weighted by Crippen LogP contribution is 2.27. The van der Waals surface area contributed by atoms with Gasteiger partial charge in [0.15, 0.2) is 0 Å². The van der Waals surface area contributed by atoms with Crippen molar-refractivity contribution in [2.45, 2.75) is 38.6 Å². The Hall–Kier alpha value is -1.54. The Morgan fingerprint density at radius 2 is 1.81 bits per heavy atom. The minimum Gasteiger partial charge on any atom is -0.497 e. The van der Waals surface area contributed by atoms with E-state index >= 15 is 0 Å². The highest BCUT2D eigenvalue weighted by molar-refractivity contribution is 5.84. The fraction of sp³-hybridized carbons (Fsp3) is 0.474. The third kappa shape index (κ3) is 3.76. The van der Waals surface area contributed by atoms with Crippen LogP contribution in [0.4, 0.5) is 0 Å². The molecule has 112 valence electrons. The van der Waals surface area contributed by atoms with E-state index in [1.165, 1.54) is 48.4 Å². The Balaban J connectivity index is 1.54. The zero-order valence-electron chi connectivity index (χ0n) is 12.9. The first-order valence-corrected chi connectivity index (χ1v) is 8.12. The third-order valence-electron chi connectivity index (χ3n) is 4.65. The van der Waals surface area contributed by atoms with Crippen LogP contribution in [0.15, 0.2) is 36.4 Å². The summed E-state index contributed by atoms with van der Waals surface area (Å²) in [6, 6.07) is 12.9.